The third kappa shape index (κ3) is 7.92. The van der Waals surface area contributed by atoms with Crippen molar-refractivity contribution in [1.82, 2.24) is 4.57 Å². The number of aryl methyl sites for hydroxylation is 2. The van der Waals surface area contributed by atoms with E-state index in [1.165, 1.54) is 0 Å². The van der Waals surface area contributed by atoms with E-state index in [2.05, 4.69) is 10.6 Å². The number of unbranched alkanes of at least 4 members (excludes halogenated alkanes) is 4. The zero-order valence-electron chi connectivity index (χ0n) is 11.6. The molecule has 0 aliphatic rings. The number of aromatic nitrogens is 2. The Balaban J connectivity index is 2.18. The van der Waals surface area contributed by atoms with Gasteiger partial charge >= 0.3 is 0 Å². The highest BCUT2D eigenvalue weighted by molar-refractivity contribution is 7.85. The van der Waals surface area contributed by atoms with Crippen molar-refractivity contribution in [3.63, 3.8) is 0 Å². The molecule has 112 valence electrons. The molecule has 1 rings (SSSR count). The molecule has 1 aromatic rings. The Hall–Kier alpha value is -1.39. The summed E-state index contributed by atoms with van der Waals surface area (Å²) in [6, 6.07) is 2.14. The van der Waals surface area contributed by atoms with E-state index in [9.17, 15) is 8.42 Å². The van der Waals surface area contributed by atoms with E-state index in [1.54, 1.807) is 0 Å². The number of nitriles is 1. The van der Waals surface area contributed by atoms with Gasteiger partial charge in [-0.15, -0.1) is 0 Å². The van der Waals surface area contributed by atoms with Crippen LogP contribution in [-0.2, 0) is 23.2 Å². The van der Waals surface area contributed by atoms with Gasteiger partial charge in [0.05, 0.1) is 24.9 Å². The predicted molar refractivity (Wildman–Crippen MR) is 74.4 cm³/mol. The molecule has 0 aliphatic heterocycles. The van der Waals surface area contributed by atoms with Gasteiger partial charge in [0, 0.05) is 12.8 Å². The quantitative estimate of drug-likeness (QED) is 0.403. The first-order chi connectivity index (χ1) is 9.51. The summed E-state index contributed by atoms with van der Waals surface area (Å²) in [6.45, 7) is 1.51. The van der Waals surface area contributed by atoms with Crippen LogP contribution in [0.15, 0.2) is 18.7 Å². The minimum Gasteiger partial charge on any atom is -0.286 e. The van der Waals surface area contributed by atoms with Gasteiger partial charge in [0.1, 0.15) is 12.4 Å². The second kappa shape index (κ2) is 8.72. The van der Waals surface area contributed by atoms with Crippen LogP contribution in [0.2, 0.25) is 0 Å². The largest absolute Gasteiger partial charge is 0.286 e. The van der Waals surface area contributed by atoms with Crippen LogP contribution in [0.25, 0.3) is 0 Å². The lowest BCUT2D eigenvalue weighted by atomic mass is 10.1. The molecule has 0 amide bonds. The maximum absolute atomic E-state index is 10.6. The molecule has 0 radical (unpaired) electrons. The van der Waals surface area contributed by atoms with E-state index in [-0.39, 0.29) is 5.75 Å². The summed E-state index contributed by atoms with van der Waals surface area (Å²) in [6.07, 6.45) is 11.1. The fourth-order valence-corrected chi connectivity index (χ4v) is 2.48. The highest BCUT2D eigenvalue weighted by atomic mass is 32.2. The van der Waals surface area contributed by atoms with Gasteiger partial charge in [-0.25, -0.2) is 9.13 Å². The van der Waals surface area contributed by atoms with Crippen LogP contribution in [0.3, 0.4) is 0 Å². The average molecular weight is 300 g/mol. The molecule has 6 nitrogen and oxygen atoms in total. The van der Waals surface area contributed by atoms with E-state index in [0.717, 1.165) is 32.2 Å². The zero-order valence-corrected chi connectivity index (χ0v) is 12.4. The van der Waals surface area contributed by atoms with Crippen molar-refractivity contribution < 1.29 is 17.5 Å². The molecule has 0 aromatic carbocycles. The standard InChI is InChI=1S/C13H21N3O3S/c14-7-4-2-1-3-5-8-15-10-11-16(13-15)9-6-12-20(17,18)19/h10-11,13H,1-6,8-9,12H2/p+1. The van der Waals surface area contributed by atoms with Gasteiger partial charge in [0.2, 0.25) is 6.33 Å². The Morgan fingerprint density at radius 2 is 1.95 bits per heavy atom. The van der Waals surface area contributed by atoms with E-state index in [0.29, 0.717) is 19.4 Å². The lowest BCUT2D eigenvalue weighted by Gasteiger charge is -1.97. The molecule has 0 atom stereocenters. The number of nitrogens with zero attached hydrogens (tertiary/aromatic N) is 3. The molecule has 0 saturated carbocycles. The highest BCUT2D eigenvalue weighted by Crippen LogP contribution is 2.03. The maximum atomic E-state index is 10.6. The van der Waals surface area contributed by atoms with Gasteiger partial charge in [-0.2, -0.15) is 13.7 Å². The molecule has 1 N–H and O–H groups in total. The van der Waals surface area contributed by atoms with Crippen LogP contribution in [0.1, 0.15) is 38.5 Å². The summed E-state index contributed by atoms with van der Waals surface area (Å²) < 4.78 is 33.8. The zero-order chi connectivity index (χ0) is 14.8. The molecule has 0 unspecified atom stereocenters. The van der Waals surface area contributed by atoms with Crippen molar-refractivity contribution in [2.75, 3.05) is 5.75 Å². The van der Waals surface area contributed by atoms with E-state index < -0.39 is 10.1 Å². The molecular formula is C13H22N3O3S+. The Bertz CT molecular complexity index is 531. The van der Waals surface area contributed by atoms with Crippen molar-refractivity contribution in [3.8, 4) is 6.07 Å². The van der Waals surface area contributed by atoms with Gasteiger partial charge in [-0.1, -0.05) is 6.42 Å². The monoisotopic (exact) mass is 300 g/mol. The molecule has 1 aromatic heterocycles. The lowest BCUT2D eigenvalue weighted by molar-refractivity contribution is -0.696. The van der Waals surface area contributed by atoms with Crippen LogP contribution >= 0.6 is 0 Å². The molecule has 0 saturated heterocycles. The molecular weight excluding hydrogens is 278 g/mol. The first kappa shape index (κ1) is 16.7. The average Bonchev–Trinajstić information content (AvgIpc) is 2.80. The van der Waals surface area contributed by atoms with Crippen LogP contribution in [0.5, 0.6) is 0 Å². The summed E-state index contributed by atoms with van der Waals surface area (Å²) in [4.78, 5) is 0. The third-order valence-electron chi connectivity index (χ3n) is 3.02. The molecule has 0 fully saturated rings. The van der Waals surface area contributed by atoms with Gasteiger partial charge in [0.15, 0.2) is 0 Å². The second-order valence-electron chi connectivity index (χ2n) is 4.85. The number of hydrogen-bond donors (Lipinski definition) is 1. The number of imidazole rings is 1. The van der Waals surface area contributed by atoms with E-state index >= 15 is 0 Å². The molecule has 1 heterocycles. The van der Waals surface area contributed by atoms with Crippen molar-refractivity contribution in [2.45, 2.75) is 51.6 Å². The van der Waals surface area contributed by atoms with Crippen molar-refractivity contribution in [2.24, 2.45) is 0 Å². The first-order valence-corrected chi connectivity index (χ1v) is 8.49. The molecule has 0 spiro atoms. The summed E-state index contributed by atoms with van der Waals surface area (Å²) in [7, 11) is -3.86. The Labute approximate surface area is 120 Å². The Kier molecular flexibility index (Phi) is 7.26. The van der Waals surface area contributed by atoms with Crippen molar-refractivity contribution in [1.29, 1.82) is 5.26 Å². The smallest absolute Gasteiger partial charge is 0.265 e. The summed E-state index contributed by atoms with van der Waals surface area (Å²) >= 11 is 0. The minimum atomic E-state index is -3.86. The second-order valence-corrected chi connectivity index (χ2v) is 6.42. The Morgan fingerprint density at radius 1 is 1.20 bits per heavy atom. The number of rotatable bonds is 10. The van der Waals surface area contributed by atoms with Crippen molar-refractivity contribution >= 4 is 10.1 Å². The fourth-order valence-electron chi connectivity index (χ4n) is 1.98. The van der Waals surface area contributed by atoms with Crippen molar-refractivity contribution in [3.05, 3.63) is 18.7 Å². The minimum absolute atomic E-state index is 0.204. The number of hydrogen-bond acceptors (Lipinski definition) is 3. The highest BCUT2D eigenvalue weighted by Gasteiger charge is 2.07. The van der Waals surface area contributed by atoms with Crippen LogP contribution in [-0.4, -0.2) is 23.3 Å². The predicted octanol–water partition coefficient (Wildman–Crippen LogP) is 1.53. The van der Waals surface area contributed by atoms with Gasteiger partial charge in [-0.05, 0) is 19.3 Å². The van der Waals surface area contributed by atoms with Crippen LogP contribution < -0.4 is 4.57 Å². The summed E-state index contributed by atoms with van der Waals surface area (Å²) in [5.41, 5.74) is 0. The maximum Gasteiger partial charge on any atom is 0.265 e. The van der Waals surface area contributed by atoms with Crippen LogP contribution in [0.4, 0.5) is 0 Å². The molecule has 0 aliphatic carbocycles. The van der Waals surface area contributed by atoms with Crippen LogP contribution in [0, 0.1) is 11.3 Å². The summed E-state index contributed by atoms with van der Waals surface area (Å²) in [5, 5.41) is 8.41. The molecule has 0 bridgehead atoms. The summed E-state index contributed by atoms with van der Waals surface area (Å²) in [5.74, 6) is -0.204. The first-order valence-electron chi connectivity index (χ1n) is 6.88. The van der Waals surface area contributed by atoms with E-state index in [4.69, 9.17) is 9.81 Å². The van der Waals surface area contributed by atoms with Gasteiger partial charge in [-0.3, -0.25) is 4.55 Å². The SMILES string of the molecule is N#CCCCCCCn1cc[n+](CCCS(=O)(=O)O)c1. The molecule has 7 heteroatoms. The van der Waals surface area contributed by atoms with Gasteiger partial charge < -0.3 is 0 Å². The van der Waals surface area contributed by atoms with Gasteiger partial charge in [0.25, 0.3) is 10.1 Å². The third-order valence-corrected chi connectivity index (χ3v) is 3.82. The topological polar surface area (TPSA) is 87.0 Å². The fraction of sp³-hybridized carbons (Fsp3) is 0.692. The molecule has 20 heavy (non-hydrogen) atoms. The Morgan fingerprint density at radius 3 is 2.65 bits per heavy atom. The van der Waals surface area contributed by atoms with E-state index in [1.807, 2.05) is 23.3 Å². The lowest BCUT2D eigenvalue weighted by Crippen LogP contribution is -2.32. The normalized spacial score (nSPS) is 11.4.